The normalized spacial score (nSPS) is 32.5. The van der Waals surface area contributed by atoms with Crippen molar-refractivity contribution in [1.29, 1.82) is 0 Å². The number of fused-ring (bicyclic) bond motifs is 1. The molecule has 1 saturated carbocycles. The molecule has 0 spiro atoms. The van der Waals surface area contributed by atoms with Crippen LogP contribution in [0.1, 0.15) is 68.7 Å². The van der Waals surface area contributed by atoms with E-state index in [0.29, 0.717) is 0 Å². The van der Waals surface area contributed by atoms with E-state index in [-0.39, 0.29) is 11.1 Å². The summed E-state index contributed by atoms with van der Waals surface area (Å²) in [5.41, 5.74) is -6.07. The van der Waals surface area contributed by atoms with Crippen molar-refractivity contribution in [3.8, 4) is 0 Å². The molecular formula is C38H44O12. The summed E-state index contributed by atoms with van der Waals surface area (Å²) in [6, 6.07) is 15.5. The topological polar surface area (TPSA) is 183 Å². The summed E-state index contributed by atoms with van der Waals surface area (Å²) in [6.07, 6.45) is -6.26. The quantitative estimate of drug-likeness (QED) is 0.228. The molecule has 0 heterocycles. The molecule has 2 aromatic carbocycles. The Balaban J connectivity index is 1.96. The lowest BCUT2D eigenvalue weighted by Gasteiger charge is -2.43. The van der Waals surface area contributed by atoms with Crippen molar-refractivity contribution in [2.45, 2.75) is 89.7 Å². The third kappa shape index (κ3) is 7.88. The van der Waals surface area contributed by atoms with Crippen LogP contribution < -0.4 is 0 Å². The predicted octanol–water partition coefficient (Wildman–Crippen LogP) is 3.52. The molecule has 0 bridgehead atoms. The van der Waals surface area contributed by atoms with Gasteiger partial charge in [-0.3, -0.25) is 14.4 Å². The number of hydrogen-bond acceptors (Lipinski definition) is 12. The number of Topliss-reactive ketones (excluding diaryl/α,β-unsaturated/α-hetero) is 1. The fraction of sp³-hybridized carbons (Fsp3) is 0.447. The molecule has 9 atom stereocenters. The Morgan fingerprint density at radius 1 is 0.780 bits per heavy atom. The van der Waals surface area contributed by atoms with Gasteiger partial charge in [0.25, 0.3) is 0 Å². The van der Waals surface area contributed by atoms with Crippen molar-refractivity contribution in [2.75, 3.05) is 0 Å². The first-order chi connectivity index (χ1) is 23.3. The van der Waals surface area contributed by atoms with E-state index in [2.05, 4.69) is 6.58 Å². The fourth-order valence-electron chi connectivity index (χ4n) is 6.81. The second-order valence-corrected chi connectivity index (χ2v) is 13.8. The number of carbonyl (C=O) groups is 5. The highest BCUT2D eigenvalue weighted by Gasteiger charge is 2.67. The van der Waals surface area contributed by atoms with Crippen molar-refractivity contribution in [3.05, 3.63) is 96.1 Å². The van der Waals surface area contributed by atoms with Crippen LogP contribution in [0, 0.1) is 17.3 Å². The maximum Gasteiger partial charge on any atom is 0.338 e. The molecular weight excluding hydrogens is 648 g/mol. The van der Waals surface area contributed by atoms with Gasteiger partial charge in [-0.05, 0) is 36.8 Å². The summed E-state index contributed by atoms with van der Waals surface area (Å²) in [6.45, 7) is 12.2. The molecule has 0 aromatic heterocycles. The zero-order valence-electron chi connectivity index (χ0n) is 28.9. The third-order valence-electron chi connectivity index (χ3n) is 9.27. The highest BCUT2D eigenvalue weighted by atomic mass is 16.6. The number of esters is 4. The molecule has 50 heavy (non-hydrogen) atoms. The summed E-state index contributed by atoms with van der Waals surface area (Å²) in [7, 11) is 0. The number of ketones is 1. The zero-order chi connectivity index (χ0) is 37.2. The summed E-state index contributed by atoms with van der Waals surface area (Å²) in [5, 5.41) is 36.2. The van der Waals surface area contributed by atoms with Gasteiger partial charge in [-0.1, -0.05) is 75.9 Å². The lowest BCUT2D eigenvalue weighted by molar-refractivity contribution is -0.183. The third-order valence-corrected chi connectivity index (χ3v) is 9.27. The molecule has 0 amide bonds. The number of allylic oxidation sites excluding steroid dienone is 1. The number of benzene rings is 2. The minimum Gasteiger partial charge on any atom is -0.458 e. The van der Waals surface area contributed by atoms with E-state index in [1.54, 1.807) is 50.2 Å². The van der Waals surface area contributed by atoms with Crippen molar-refractivity contribution < 1.29 is 58.2 Å². The molecule has 0 radical (unpaired) electrons. The largest absolute Gasteiger partial charge is 0.458 e. The average molecular weight is 693 g/mol. The lowest BCUT2D eigenvalue weighted by Crippen LogP contribution is -2.57. The molecule has 268 valence electrons. The fourth-order valence-corrected chi connectivity index (χ4v) is 6.81. The van der Waals surface area contributed by atoms with Crippen LogP contribution in [0.3, 0.4) is 0 Å². The Bertz CT molecular complexity index is 1650. The number of hydrogen-bond donors (Lipinski definition) is 3. The lowest BCUT2D eigenvalue weighted by atomic mass is 9.72. The molecule has 9 unspecified atom stereocenters. The highest BCUT2D eigenvalue weighted by molar-refractivity contribution is 5.93. The SMILES string of the molecule is C=C1C(O)C2C(OC(=O)c3ccccc3)C(C)(O)CC2(O)C(=O)C(C)C=CC(C)(C)C(OC(C)=O)C(OC(C)=O)C1OC(=O)c1ccccc1. The Morgan fingerprint density at radius 2 is 1.28 bits per heavy atom. The minimum atomic E-state index is -2.53. The monoisotopic (exact) mass is 692 g/mol. The Kier molecular flexibility index (Phi) is 11.2. The summed E-state index contributed by atoms with van der Waals surface area (Å²) in [4.78, 5) is 66.3. The van der Waals surface area contributed by atoms with Gasteiger partial charge in [0, 0.05) is 31.6 Å². The average Bonchev–Trinajstić information content (AvgIpc) is 3.27. The number of aliphatic hydroxyl groups is 3. The Hall–Kier alpha value is -4.65. The molecule has 2 aliphatic carbocycles. The Morgan fingerprint density at radius 3 is 1.78 bits per heavy atom. The van der Waals surface area contributed by atoms with Crippen LogP contribution in [0.2, 0.25) is 0 Å². The van der Waals surface area contributed by atoms with Crippen LogP contribution in [0.25, 0.3) is 0 Å². The van der Waals surface area contributed by atoms with E-state index >= 15 is 0 Å². The number of aliphatic hydroxyl groups excluding tert-OH is 1. The smallest absolute Gasteiger partial charge is 0.338 e. The van der Waals surface area contributed by atoms with Gasteiger partial charge >= 0.3 is 23.9 Å². The van der Waals surface area contributed by atoms with E-state index in [9.17, 15) is 39.3 Å². The zero-order valence-corrected chi connectivity index (χ0v) is 28.9. The van der Waals surface area contributed by atoms with Crippen molar-refractivity contribution in [2.24, 2.45) is 17.3 Å². The second-order valence-electron chi connectivity index (χ2n) is 13.8. The van der Waals surface area contributed by atoms with Crippen LogP contribution in [-0.4, -0.2) is 86.7 Å². The molecule has 0 saturated heterocycles. The minimum absolute atomic E-state index is 0.0737. The van der Waals surface area contributed by atoms with E-state index in [0.717, 1.165) is 13.8 Å². The van der Waals surface area contributed by atoms with Crippen LogP contribution in [0.15, 0.2) is 85.0 Å². The van der Waals surface area contributed by atoms with Gasteiger partial charge in [0.2, 0.25) is 0 Å². The maximum absolute atomic E-state index is 14.2. The van der Waals surface area contributed by atoms with Crippen LogP contribution in [0.4, 0.5) is 0 Å². The standard InChI is InChI=1S/C38H44O12/c1-21-18-19-36(5,6)33(48-24(4)40)30(47-23(3)39)29(49-34(43)25-14-10-8-11-15-25)22(2)28(41)27-32(37(7,45)20-38(27,46)31(21)42)50-35(44)26-16-12-9-13-17-26/h8-19,21,27-30,32-33,41,45-46H,2,20H2,1,3-7H3. The number of rotatable bonds is 6. The molecule has 4 rings (SSSR count). The maximum atomic E-state index is 14.2. The van der Waals surface area contributed by atoms with Crippen molar-refractivity contribution in [3.63, 3.8) is 0 Å². The molecule has 12 nitrogen and oxygen atoms in total. The van der Waals surface area contributed by atoms with Gasteiger partial charge in [-0.25, -0.2) is 9.59 Å². The number of ether oxygens (including phenoxy) is 4. The van der Waals surface area contributed by atoms with Crippen LogP contribution in [0.5, 0.6) is 0 Å². The van der Waals surface area contributed by atoms with Gasteiger partial charge in [0.05, 0.1) is 23.1 Å². The van der Waals surface area contributed by atoms with E-state index in [4.69, 9.17) is 18.9 Å². The van der Waals surface area contributed by atoms with Crippen LogP contribution in [-0.2, 0) is 33.3 Å². The van der Waals surface area contributed by atoms with Gasteiger partial charge in [0.1, 0.15) is 17.3 Å². The van der Waals surface area contributed by atoms with Gasteiger partial charge in [0.15, 0.2) is 24.1 Å². The summed E-state index contributed by atoms with van der Waals surface area (Å²) in [5.74, 6) is -7.15. The van der Waals surface area contributed by atoms with E-state index in [1.807, 2.05) is 0 Å². The van der Waals surface area contributed by atoms with Crippen molar-refractivity contribution >= 4 is 29.7 Å². The predicted molar refractivity (Wildman–Crippen MR) is 178 cm³/mol. The van der Waals surface area contributed by atoms with Gasteiger partial charge < -0.3 is 34.3 Å². The molecule has 3 N–H and O–H groups in total. The first-order valence-corrected chi connectivity index (χ1v) is 16.2. The van der Waals surface area contributed by atoms with Crippen LogP contribution >= 0.6 is 0 Å². The summed E-state index contributed by atoms with van der Waals surface area (Å²) >= 11 is 0. The molecule has 2 aromatic rings. The Labute approximate surface area is 290 Å². The van der Waals surface area contributed by atoms with E-state index < -0.39 is 101 Å². The van der Waals surface area contributed by atoms with Gasteiger partial charge in [-0.15, -0.1) is 0 Å². The summed E-state index contributed by atoms with van der Waals surface area (Å²) < 4.78 is 23.1. The molecule has 1 fully saturated rings. The first-order valence-electron chi connectivity index (χ1n) is 16.2. The van der Waals surface area contributed by atoms with E-state index in [1.165, 1.54) is 50.3 Å². The van der Waals surface area contributed by atoms with Gasteiger partial charge in [-0.2, -0.15) is 0 Å². The molecule has 0 aliphatic heterocycles. The number of carbonyl (C=O) groups excluding carboxylic acids is 5. The molecule has 12 heteroatoms. The highest BCUT2D eigenvalue weighted by Crippen LogP contribution is 2.50. The molecule has 2 aliphatic rings. The first kappa shape index (κ1) is 38.2. The van der Waals surface area contributed by atoms with Crippen molar-refractivity contribution in [1.82, 2.24) is 0 Å². The second kappa shape index (κ2) is 14.7.